The highest BCUT2D eigenvalue weighted by atomic mass is 32.2. The predicted molar refractivity (Wildman–Crippen MR) is 122 cm³/mol. The molecular weight excluding hydrogens is 418 g/mol. The molecule has 1 aliphatic heterocycles. The molecule has 1 saturated heterocycles. The zero-order valence-electron chi connectivity index (χ0n) is 16.5. The van der Waals surface area contributed by atoms with Gasteiger partial charge < -0.3 is 10.1 Å². The van der Waals surface area contributed by atoms with Crippen LogP contribution in [-0.2, 0) is 16.1 Å². The van der Waals surface area contributed by atoms with E-state index in [1.54, 1.807) is 10.6 Å². The SMILES string of the molecule is C=CCn1c(SCC(=O)NC[C@H]2CCCO2)nc2cc(-c3ccccc3)sc2c1=O. The van der Waals surface area contributed by atoms with Gasteiger partial charge in [0.25, 0.3) is 5.56 Å². The molecule has 156 valence electrons. The minimum absolute atomic E-state index is 0.0923. The molecule has 8 heteroatoms. The lowest BCUT2D eigenvalue weighted by Crippen LogP contribution is -2.33. The van der Waals surface area contributed by atoms with Crippen LogP contribution in [0.3, 0.4) is 0 Å². The standard InChI is InChI=1S/C22H23N3O3S2/c1-2-10-25-21(27)20-17(12-18(30-20)15-7-4-3-5-8-15)24-22(25)29-14-19(26)23-13-16-9-6-11-28-16/h2-5,7-8,12,16H,1,6,9-11,13-14H2,(H,23,26)/t16-/m1/s1. The van der Waals surface area contributed by atoms with E-state index in [1.165, 1.54) is 23.1 Å². The highest BCUT2D eigenvalue weighted by molar-refractivity contribution is 7.99. The van der Waals surface area contributed by atoms with Crippen molar-refractivity contribution in [2.24, 2.45) is 0 Å². The van der Waals surface area contributed by atoms with E-state index in [-0.39, 0.29) is 23.3 Å². The maximum atomic E-state index is 13.1. The number of aromatic nitrogens is 2. The molecule has 1 atom stereocenters. The molecule has 0 aliphatic carbocycles. The smallest absolute Gasteiger partial charge is 0.272 e. The van der Waals surface area contributed by atoms with Gasteiger partial charge in [0.1, 0.15) is 4.70 Å². The van der Waals surface area contributed by atoms with Crippen molar-refractivity contribution in [2.45, 2.75) is 30.6 Å². The third kappa shape index (κ3) is 4.66. The van der Waals surface area contributed by atoms with E-state index in [9.17, 15) is 9.59 Å². The number of ether oxygens (including phenoxy) is 1. The maximum absolute atomic E-state index is 13.1. The molecule has 4 rings (SSSR count). The molecule has 6 nitrogen and oxygen atoms in total. The Morgan fingerprint density at radius 1 is 1.40 bits per heavy atom. The Kier molecular flexibility index (Phi) is 6.66. The second-order valence-corrected chi connectivity index (χ2v) is 9.01. The van der Waals surface area contributed by atoms with Gasteiger partial charge in [-0.25, -0.2) is 4.98 Å². The lowest BCUT2D eigenvalue weighted by molar-refractivity contribution is -0.119. The summed E-state index contributed by atoms with van der Waals surface area (Å²) in [5.41, 5.74) is 1.61. The second-order valence-electron chi connectivity index (χ2n) is 7.02. The van der Waals surface area contributed by atoms with Crippen LogP contribution >= 0.6 is 23.1 Å². The molecule has 0 saturated carbocycles. The summed E-state index contributed by atoms with van der Waals surface area (Å²) in [5.74, 6) is 0.0996. The quantitative estimate of drug-likeness (QED) is 0.328. The van der Waals surface area contributed by atoms with Crippen molar-refractivity contribution in [1.29, 1.82) is 0 Å². The summed E-state index contributed by atoms with van der Waals surface area (Å²) >= 11 is 2.71. The summed E-state index contributed by atoms with van der Waals surface area (Å²) in [6, 6.07) is 11.9. The summed E-state index contributed by atoms with van der Waals surface area (Å²) in [7, 11) is 0. The fourth-order valence-electron chi connectivity index (χ4n) is 3.35. The maximum Gasteiger partial charge on any atom is 0.272 e. The minimum Gasteiger partial charge on any atom is -0.376 e. The number of amides is 1. The molecule has 1 N–H and O–H groups in total. The lowest BCUT2D eigenvalue weighted by Gasteiger charge is -2.12. The normalized spacial score (nSPS) is 16.1. The van der Waals surface area contributed by atoms with Crippen LogP contribution in [-0.4, -0.2) is 40.5 Å². The molecule has 0 radical (unpaired) electrons. The number of allylic oxidation sites excluding steroid dienone is 1. The molecule has 0 unspecified atom stereocenters. The summed E-state index contributed by atoms with van der Waals surface area (Å²) in [6.45, 7) is 5.39. The summed E-state index contributed by atoms with van der Waals surface area (Å²) in [4.78, 5) is 31.0. The number of benzene rings is 1. The van der Waals surface area contributed by atoms with Gasteiger partial charge in [0.2, 0.25) is 5.91 Å². The van der Waals surface area contributed by atoms with Crippen LogP contribution in [0.5, 0.6) is 0 Å². The number of carbonyl (C=O) groups excluding carboxylic acids is 1. The molecular formula is C22H23N3O3S2. The average molecular weight is 442 g/mol. The van der Waals surface area contributed by atoms with E-state index in [0.29, 0.717) is 28.5 Å². The Morgan fingerprint density at radius 2 is 2.23 bits per heavy atom. The highest BCUT2D eigenvalue weighted by Crippen LogP contribution is 2.31. The van der Waals surface area contributed by atoms with E-state index < -0.39 is 0 Å². The minimum atomic E-state index is -0.102. The van der Waals surface area contributed by atoms with Crippen LogP contribution in [0.4, 0.5) is 0 Å². The van der Waals surface area contributed by atoms with Gasteiger partial charge in [0, 0.05) is 24.6 Å². The van der Waals surface area contributed by atoms with Crippen molar-refractivity contribution in [1.82, 2.24) is 14.9 Å². The number of thioether (sulfide) groups is 1. The van der Waals surface area contributed by atoms with Gasteiger partial charge in [-0.1, -0.05) is 48.2 Å². The largest absolute Gasteiger partial charge is 0.376 e. The van der Waals surface area contributed by atoms with Crippen LogP contribution in [0.2, 0.25) is 0 Å². The van der Waals surface area contributed by atoms with E-state index in [2.05, 4.69) is 11.9 Å². The fraction of sp³-hybridized carbons (Fsp3) is 0.318. The third-order valence-corrected chi connectivity index (χ3v) is 6.99. The molecule has 1 aromatic carbocycles. The summed E-state index contributed by atoms with van der Waals surface area (Å²) in [5, 5.41) is 3.43. The lowest BCUT2D eigenvalue weighted by atomic mass is 10.2. The number of hydrogen-bond donors (Lipinski definition) is 1. The number of thiophene rings is 1. The van der Waals surface area contributed by atoms with Crippen LogP contribution < -0.4 is 10.9 Å². The molecule has 0 bridgehead atoms. The first-order valence-corrected chi connectivity index (χ1v) is 11.7. The zero-order chi connectivity index (χ0) is 20.9. The highest BCUT2D eigenvalue weighted by Gasteiger charge is 2.18. The molecule has 30 heavy (non-hydrogen) atoms. The van der Waals surface area contributed by atoms with Crippen molar-refractivity contribution < 1.29 is 9.53 Å². The number of nitrogens with one attached hydrogen (secondary N) is 1. The first-order valence-electron chi connectivity index (χ1n) is 9.87. The summed E-state index contributed by atoms with van der Waals surface area (Å²) in [6.07, 6.45) is 3.79. The van der Waals surface area contributed by atoms with Crippen molar-refractivity contribution in [3.63, 3.8) is 0 Å². The van der Waals surface area contributed by atoms with Crippen molar-refractivity contribution in [3.05, 3.63) is 59.4 Å². The topological polar surface area (TPSA) is 73.2 Å². The molecule has 1 fully saturated rings. The molecule has 2 aromatic heterocycles. The Bertz CT molecular complexity index is 1100. The van der Waals surface area contributed by atoms with Crippen molar-refractivity contribution in [2.75, 3.05) is 18.9 Å². The van der Waals surface area contributed by atoms with E-state index in [1.807, 2.05) is 36.4 Å². The Labute approximate surface area is 183 Å². The molecule has 0 spiro atoms. The van der Waals surface area contributed by atoms with Crippen LogP contribution in [0.15, 0.2) is 59.0 Å². The summed E-state index contributed by atoms with van der Waals surface area (Å²) < 4.78 is 7.73. The van der Waals surface area contributed by atoms with Gasteiger partial charge in [-0.05, 0) is 24.5 Å². The fourth-order valence-corrected chi connectivity index (χ4v) is 5.24. The molecule has 1 aliphatic rings. The Morgan fingerprint density at radius 3 is 2.97 bits per heavy atom. The monoisotopic (exact) mass is 441 g/mol. The number of fused-ring (bicyclic) bond motifs is 1. The second kappa shape index (κ2) is 9.59. The molecule has 3 aromatic rings. The van der Waals surface area contributed by atoms with E-state index in [0.717, 1.165) is 29.9 Å². The van der Waals surface area contributed by atoms with E-state index in [4.69, 9.17) is 9.72 Å². The van der Waals surface area contributed by atoms with Gasteiger partial charge >= 0.3 is 0 Å². The van der Waals surface area contributed by atoms with Gasteiger partial charge in [-0.15, -0.1) is 17.9 Å². The number of hydrogen-bond acceptors (Lipinski definition) is 6. The Hall–Kier alpha value is -2.42. The average Bonchev–Trinajstić information content (AvgIpc) is 3.44. The van der Waals surface area contributed by atoms with Gasteiger partial charge in [-0.2, -0.15) is 0 Å². The van der Waals surface area contributed by atoms with E-state index >= 15 is 0 Å². The molecule has 3 heterocycles. The van der Waals surface area contributed by atoms with Crippen molar-refractivity contribution >= 4 is 39.2 Å². The number of nitrogens with zero attached hydrogens (tertiary/aromatic N) is 2. The number of rotatable bonds is 8. The van der Waals surface area contributed by atoms with Crippen LogP contribution in [0.25, 0.3) is 20.7 Å². The zero-order valence-corrected chi connectivity index (χ0v) is 18.1. The third-order valence-electron chi connectivity index (χ3n) is 4.85. The van der Waals surface area contributed by atoms with Gasteiger partial charge in [0.15, 0.2) is 5.16 Å². The van der Waals surface area contributed by atoms with Crippen LogP contribution in [0.1, 0.15) is 12.8 Å². The van der Waals surface area contributed by atoms with Crippen LogP contribution in [0, 0.1) is 0 Å². The Balaban J connectivity index is 1.55. The first-order chi connectivity index (χ1) is 14.7. The van der Waals surface area contributed by atoms with Gasteiger partial charge in [0.05, 0.1) is 17.4 Å². The first kappa shape index (κ1) is 20.8. The number of carbonyl (C=O) groups is 1. The van der Waals surface area contributed by atoms with Gasteiger partial charge in [-0.3, -0.25) is 14.2 Å². The predicted octanol–water partition coefficient (Wildman–Crippen LogP) is 3.70. The molecule has 1 amide bonds. The van der Waals surface area contributed by atoms with Crippen molar-refractivity contribution in [3.8, 4) is 10.4 Å².